The van der Waals surface area contributed by atoms with Crippen molar-refractivity contribution in [1.29, 1.82) is 0 Å². The van der Waals surface area contributed by atoms with Crippen molar-refractivity contribution in [3.05, 3.63) is 34.9 Å². The van der Waals surface area contributed by atoms with Crippen LogP contribution in [0.1, 0.15) is 37.3 Å². The van der Waals surface area contributed by atoms with Gasteiger partial charge >= 0.3 is 6.03 Å². The maximum Gasteiger partial charge on any atom is 0.315 e. The Morgan fingerprint density at radius 1 is 1.23 bits per heavy atom. The number of nitrogens with one attached hydrogen (secondary N) is 3. The van der Waals surface area contributed by atoms with Crippen LogP contribution in [0.2, 0.25) is 5.02 Å². The largest absolute Gasteiger partial charge is 0.354 e. The molecule has 2 unspecified atom stereocenters. The molecule has 118 valence electrons. The van der Waals surface area contributed by atoms with Crippen LogP contribution in [-0.2, 0) is 4.79 Å². The van der Waals surface area contributed by atoms with E-state index < -0.39 is 6.04 Å². The maximum absolute atomic E-state index is 12.2. The van der Waals surface area contributed by atoms with E-state index in [1.807, 2.05) is 24.3 Å². The summed E-state index contributed by atoms with van der Waals surface area (Å²) in [7, 11) is 0. The summed E-state index contributed by atoms with van der Waals surface area (Å²) in [6.07, 6.45) is 3.79. The molecule has 1 aromatic carbocycles. The summed E-state index contributed by atoms with van der Waals surface area (Å²) >= 11 is 5.92. The number of carbonyl (C=O) groups is 2. The first-order valence-corrected chi connectivity index (χ1v) is 8.11. The molecule has 0 aromatic heterocycles. The number of urea groups is 1. The van der Waals surface area contributed by atoms with Crippen molar-refractivity contribution in [2.24, 2.45) is 5.92 Å². The van der Waals surface area contributed by atoms with Crippen LogP contribution >= 0.6 is 11.6 Å². The molecule has 22 heavy (non-hydrogen) atoms. The lowest BCUT2D eigenvalue weighted by molar-refractivity contribution is -0.124. The van der Waals surface area contributed by atoms with Gasteiger partial charge in [-0.3, -0.25) is 4.79 Å². The Labute approximate surface area is 134 Å². The van der Waals surface area contributed by atoms with Crippen LogP contribution in [-0.4, -0.2) is 24.5 Å². The van der Waals surface area contributed by atoms with Crippen molar-refractivity contribution < 1.29 is 9.59 Å². The van der Waals surface area contributed by atoms with Gasteiger partial charge in [0.05, 0.1) is 6.04 Å². The summed E-state index contributed by atoms with van der Waals surface area (Å²) in [6, 6.07) is 6.82. The van der Waals surface area contributed by atoms with Crippen LogP contribution in [0.15, 0.2) is 24.3 Å². The van der Waals surface area contributed by atoms with E-state index in [-0.39, 0.29) is 18.0 Å². The highest BCUT2D eigenvalue weighted by Gasteiger charge is 2.34. The minimum Gasteiger partial charge on any atom is -0.354 e. The average Bonchev–Trinajstić information content (AvgIpc) is 3.33. The number of hydrogen-bond acceptors (Lipinski definition) is 2. The van der Waals surface area contributed by atoms with Crippen molar-refractivity contribution in [3.8, 4) is 0 Å². The van der Waals surface area contributed by atoms with Gasteiger partial charge in [-0.1, -0.05) is 23.7 Å². The summed E-state index contributed by atoms with van der Waals surface area (Å²) in [5.41, 5.74) is 1.05. The van der Waals surface area contributed by atoms with Gasteiger partial charge in [-0.25, -0.2) is 4.79 Å². The Balaban J connectivity index is 1.62. The molecule has 0 spiro atoms. The van der Waals surface area contributed by atoms with Crippen LogP contribution in [0.25, 0.3) is 0 Å². The van der Waals surface area contributed by atoms with Gasteiger partial charge in [0, 0.05) is 11.6 Å². The number of hydrogen-bond donors (Lipinski definition) is 3. The molecule has 1 aromatic rings. The van der Waals surface area contributed by atoms with Gasteiger partial charge in [-0.05, 0) is 49.3 Å². The molecule has 0 radical (unpaired) electrons. The Bertz CT molecular complexity index is 557. The lowest BCUT2D eigenvalue weighted by Gasteiger charge is -2.25. The highest BCUT2D eigenvalue weighted by molar-refractivity contribution is 6.30. The second-order valence-electron chi connectivity index (χ2n) is 5.97. The molecule has 0 bridgehead atoms. The third-order valence-electron chi connectivity index (χ3n) is 4.20. The number of piperidine rings is 1. The summed E-state index contributed by atoms with van der Waals surface area (Å²) in [6.45, 7) is 0.689. The molecule has 2 atom stereocenters. The van der Waals surface area contributed by atoms with Gasteiger partial charge in [0.15, 0.2) is 0 Å². The first-order chi connectivity index (χ1) is 10.6. The maximum atomic E-state index is 12.2. The van der Waals surface area contributed by atoms with Gasteiger partial charge in [0.1, 0.15) is 6.04 Å². The monoisotopic (exact) mass is 321 g/mol. The minimum absolute atomic E-state index is 0.0241. The van der Waals surface area contributed by atoms with Crippen molar-refractivity contribution in [2.75, 3.05) is 6.54 Å². The number of amides is 3. The second kappa shape index (κ2) is 6.57. The van der Waals surface area contributed by atoms with Gasteiger partial charge in [0.2, 0.25) is 5.91 Å². The first-order valence-electron chi connectivity index (χ1n) is 7.73. The molecule has 2 aliphatic rings. The van der Waals surface area contributed by atoms with E-state index in [9.17, 15) is 9.59 Å². The van der Waals surface area contributed by atoms with Crippen molar-refractivity contribution >= 4 is 23.5 Å². The molecule has 3 amide bonds. The normalized spacial score (nSPS) is 22.6. The minimum atomic E-state index is -0.432. The van der Waals surface area contributed by atoms with Crippen molar-refractivity contribution in [2.45, 2.75) is 37.8 Å². The molecule has 3 N–H and O–H groups in total. The van der Waals surface area contributed by atoms with Gasteiger partial charge in [-0.15, -0.1) is 0 Å². The lowest BCUT2D eigenvalue weighted by Crippen LogP contribution is -2.53. The fourth-order valence-electron chi connectivity index (χ4n) is 2.82. The number of halogens is 1. The Morgan fingerprint density at radius 3 is 2.59 bits per heavy atom. The number of rotatable bonds is 4. The summed E-state index contributed by atoms with van der Waals surface area (Å²) < 4.78 is 0. The quantitative estimate of drug-likeness (QED) is 0.796. The molecule has 5 nitrogen and oxygen atoms in total. The summed E-state index contributed by atoms with van der Waals surface area (Å²) in [5.74, 6) is 0.364. The van der Waals surface area contributed by atoms with Crippen LogP contribution in [0, 0.1) is 5.92 Å². The van der Waals surface area contributed by atoms with Crippen molar-refractivity contribution in [3.63, 3.8) is 0 Å². The molecule has 2 fully saturated rings. The molecule has 1 saturated carbocycles. The van der Waals surface area contributed by atoms with E-state index in [0.29, 0.717) is 23.9 Å². The zero-order chi connectivity index (χ0) is 15.5. The molecule has 3 rings (SSSR count). The Hall–Kier alpha value is -1.75. The van der Waals surface area contributed by atoms with Gasteiger partial charge in [-0.2, -0.15) is 0 Å². The summed E-state index contributed by atoms with van der Waals surface area (Å²) in [4.78, 5) is 23.9. The van der Waals surface area contributed by atoms with E-state index in [1.54, 1.807) is 0 Å². The Morgan fingerprint density at radius 2 is 1.95 bits per heavy atom. The zero-order valence-corrected chi connectivity index (χ0v) is 13.0. The molecule has 1 aliphatic carbocycles. The molecule has 6 heteroatoms. The first kappa shape index (κ1) is 15.2. The van der Waals surface area contributed by atoms with Crippen LogP contribution < -0.4 is 16.0 Å². The van der Waals surface area contributed by atoms with Crippen molar-refractivity contribution in [1.82, 2.24) is 16.0 Å². The van der Waals surface area contributed by atoms with E-state index in [0.717, 1.165) is 24.8 Å². The van der Waals surface area contributed by atoms with Gasteiger partial charge in [0.25, 0.3) is 0 Å². The highest BCUT2D eigenvalue weighted by Crippen LogP contribution is 2.41. The molecule has 1 aliphatic heterocycles. The van der Waals surface area contributed by atoms with Crippen LogP contribution in [0.5, 0.6) is 0 Å². The third-order valence-corrected chi connectivity index (χ3v) is 4.45. The van der Waals surface area contributed by atoms with Crippen LogP contribution in [0.3, 0.4) is 0 Å². The van der Waals surface area contributed by atoms with E-state index in [1.165, 1.54) is 0 Å². The van der Waals surface area contributed by atoms with Gasteiger partial charge < -0.3 is 16.0 Å². The Kier molecular flexibility index (Phi) is 4.52. The zero-order valence-electron chi connectivity index (χ0n) is 12.3. The van der Waals surface area contributed by atoms with E-state index in [2.05, 4.69) is 16.0 Å². The molecular formula is C16H20ClN3O2. The van der Waals surface area contributed by atoms with E-state index in [4.69, 9.17) is 11.6 Å². The molecule has 1 saturated heterocycles. The van der Waals surface area contributed by atoms with E-state index >= 15 is 0 Å². The topological polar surface area (TPSA) is 70.2 Å². The third kappa shape index (κ3) is 3.71. The second-order valence-corrected chi connectivity index (χ2v) is 6.41. The fourth-order valence-corrected chi connectivity index (χ4v) is 2.95. The smallest absolute Gasteiger partial charge is 0.315 e. The average molecular weight is 322 g/mol. The number of benzene rings is 1. The fraction of sp³-hybridized carbons (Fsp3) is 0.500. The highest BCUT2D eigenvalue weighted by atomic mass is 35.5. The molecular weight excluding hydrogens is 302 g/mol. The SMILES string of the molecule is O=C(NC1CCCNC1=O)NC(c1ccc(Cl)cc1)C1CC1. The predicted molar refractivity (Wildman–Crippen MR) is 84.6 cm³/mol. The summed E-state index contributed by atoms with van der Waals surface area (Å²) in [5, 5.41) is 9.23. The number of carbonyl (C=O) groups excluding carboxylic acids is 2. The lowest BCUT2D eigenvalue weighted by atomic mass is 10.0. The van der Waals surface area contributed by atoms with Crippen LogP contribution in [0.4, 0.5) is 4.79 Å². The standard InChI is InChI=1S/C16H20ClN3O2/c17-12-7-5-11(6-8-12)14(10-3-4-10)20-16(22)19-13-2-1-9-18-15(13)21/h5-8,10,13-14H,1-4,9H2,(H,18,21)(H2,19,20,22). The predicted octanol–water partition coefficient (Wildman–Crippen LogP) is 2.37. The molecule has 1 heterocycles.